The van der Waals surface area contributed by atoms with Crippen molar-refractivity contribution in [2.45, 2.75) is 45.0 Å². The Bertz CT molecular complexity index is 158. The van der Waals surface area contributed by atoms with Gasteiger partial charge in [-0.3, -0.25) is 0 Å². The molecule has 1 aliphatic carbocycles. The Labute approximate surface area is 74.2 Å². The normalized spacial score (nSPS) is 47.5. The second-order valence-corrected chi connectivity index (χ2v) is 4.06. The molecule has 4 unspecified atom stereocenters. The summed E-state index contributed by atoms with van der Waals surface area (Å²) in [5, 5.41) is 0. The van der Waals surface area contributed by atoms with Crippen LogP contribution in [-0.2, 0) is 9.47 Å². The van der Waals surface area contributed by atoms with E-state index >= 15 is 0 Å². The first-order valence-corrected chi connectivity index (χ1v) is 5.01. The molecule has 1 saturated heterocycles. The van der Waals surface area contributed by atoms with Crippen LogP contribution in [-0.4, -0.2) is 19.5 Å². The molecule has 2 rings (SSSR count). The molecule has 0 radical (unpaired) electrons. The van der Waals surface area contributed by atoms with Crippen LogP contribution in [0.1, 0.15) is 32.6 Å². The molecule has 0 spiro atoms. The van der Waals surface area contributed by atoms with Crippen molar-refractivity contribution < 1.29 is 9.47 Å². The molecule has 2 fully saturated rings. The molecule has 70 valence electrons. The largest absolute Gasteiger partial charge is 0.356 e. The zero-order chi connectivity index (χ0) is 8.55. The first kappa shape index (κ1) is 8.52. The maximum absolute atomic E-state index is 5.74. The predicted octanol–water partition coefficient (Wildman–Crippen LogP) is 2.18. The van der Waals surface area contributed by atoms with E-state index in [0.29, 0.717) is 12.0 Å². The average Bonchev–Trinajstić information content (AvgIpc) is 2.44. The Morgan fingerprint density at radius 3 is 2.50 bits per heavy atom. The van der Waals surface area contributed by atoms with E-state index in [-0.39, 0.29) is 6.29 Å². The number of ether oxygens (including phenoxy) is 2. The molecule has 0 aromatic carbocycles. The number of methoxy groups -OCH3 is 1. The van der Waals surface area contributed by atoms with E-state index in [1.54, 1.807) is 7.11 Å². The van der Waals surface area contributed by atoms with Gasteiger partial charge < -0.3 is 9.47 Å². The van der Waals surface area contributed by atoms with E-state index in [4.69, 9.17) is 9.47 Å². The third-order valence-corrected chi connectivity index (χ3v) is 3.41. The first-order chi connectivity index (χ1) is 5.83. The van der Waals surface area contributed by atoms with Gasteiger partial charge in [-0.2, -0.15) is 0 Å². The minimum absolute atomic E-state index is 0.0882. The zero-order valence-corrected chi connectivity index (χ0v) is 7.95. The van der Waals surface area contributed by atoms with Gasteiger partial charge in [0.2, 0.25) is 0 Å². The highest BCUT2D eigenvalue weighted by molar-refractivity contribution is 4.87. The molecule has 1 aliphatic heterocycles. The summed E-state index contributed by atoms with van der Waals surface area (Å²) < 4.78 is 11.1. The van der Waals surface area contributed by atoms with E-state index in [1.165, 1.54) is 25.7 Å². The van der Waals surface area contributed by atoms with Crippen LogP contribution in [0.25, 0.3) is 0 Å². The van der Waals surface area contributed by atoms with Crippen molar-refractivity contribution in [3.63, 3.8) is 0 Å². The summed E-state index contributed by atoms with van der Waals surface area (Å²) in [5.41, 5.74) is 0. The maximum atomic E-state index is 5.74. The lowest BCUT2D eigenvalue weighted by atomic mass is 9.78. The van der Waals surface area contributed by atoms with Gasteiger partial charge in [-0.05, 0) is 25.7 Å². The number of rotatable bonds is 1. The van der Waals surface area contributed by atoms with Gasteiger partial charge >= 0.3 is 0 Å². The van der Waals surface area contributed by atoms with E-state index in [9.17, 15) is 0 Å². The Morgan fingerprint density at radius 2 is 1.83 bits per heavy atom. The van der Waals surface area contributed by atoms with E-state index in [1.807, 2.05) is 0 Å². The highest BCUT2D eigenvalue weighted by atomic mass is 16.7. The van der Waals surface area contributed by atoms with Crippen LogP contribution >= 0.6 is 0 Å². The minimum Gasteiger partial charge on any atom is -0.356 e. The van der Waals surface area contributed by atoms with Gasteiger partial charge in [0.15, 0.2) is 6.29 Å². The van der Waals surface area contributed by atoms with Crippen molar-refractivity contribution in [1.82, 2.24) is 0 Å². The zero-order valence-electron chi connectivity index (χ0n) is 7.95. The van der Waals surface area contributed by atoms with Crippen molar-refractivity contribution >= 4 is 0 Å². The molecule has 1 heterocycles. The van der Waals surface area contributed by atoms with Crippen molar-refractivity contribution in [3.8, 4) is 0 Å². The maximum Gasteiger partial charge on any atom is 0.160 e. The summed E-state index contributed by atoms with van der Waals surface area (Å²) in [6.45, 7) is 2.18. The molecule has 0 aromatic rings. The highest BCUT2D eigenvalue weighted by Crippen LogP contribution is 2.42. The molecule has 0 amide bonds. The number of fused-ring (bicyclic) bond motifs is 1. The highest BCUT2D eigenvalue weighted by Gasteiger charge is 2.43. The Kier molecular flexibility index (Phi) is 2.37. The third-order valence-electron chi connectivity index (χ3n) is 3.41. The lowest BCUT2D eigenvalue weighted by molar-refractivity contribution is -0.128. The van der Waals surface area contributed by atoms with Crippen LogP contribution in [0.2, 0.25) is 0 Å². The second-order valence-electron chi connectivity index (χ2n) is 4.06. The molecule has 0 bridgehead atoms. The summed E-state index contributed by atoms with van der Waals surface area (Å²) in [6, 6.07) is 0. The summed E-state index contributed by atoms with van der Waals surface area (Å²) in [5.74, 6) is 1.45. The average molecular weight is 170 g/mol. The smallest absolute Gasteiger partial charge is 0.160 e. The Balaban J connectivity index is 2.05. The third kappa shape index (κ3) is 1.27. The molecule has 2 heteroatoms. The number of hydrogen-bond acceptors (Lipinski definition) is 2. The van der Waals surface area contributed by atoms with Gasteiger partial charge in [-0.15, -0.1) is 0 Å². The summed E-state index contributed by atoms with van der Waals surface area (Å²) in [4.78, 5) is 0. The molecule has 0 N–H and O–H groups in total. The molecular weight excluding hydrogens is 152 g/mol. The van der Waals surface area contributed by atoms with Gasteiger partial charge in [0, 0.05) is 13.0 Å². The van der Waals surface area contributed by atoms with Crippen LogP contribution < -0.4 is 0 Å². The number of hydrogen-bond donors (Lipinski definition) is 0. The summed E-state index contributed by atoms with van der Waals surface area (Å²) >= 11 is 0. The van der Waals surface area contributed by atoms with Crippen LogP contribution in [0.3, 0.4) is 0 Å². The van der Waals surface area contributed by atoms with Gasteiger partial charge in [0.1, 0.15) is 0 Å². The quantitative estimate of drug-likeness (QED) is 0.600. The monoisotopic (exact) mass is 170 g/mol. The lowest BCUT2D eigenvalue weighted by Gasteiger charge is -2.27. The molecule has 0 aromatic heterocycles. The van der Waals surface area contributed by atoms with E-state index < -0.39 is 0 Å². The molecule has 1 saturated carbocycles. The van der Waals surface area contributed by atoms with Crippen molar-refractivity contribution in [2.75, 3.05) is 7.11 Å². The van der Waals surface area contributed by atoms with Crippen LogP contribution in [0.15, 0.2) is 0 Å². The van der Waals surface area contributed by atoms with Gasteiger partial charge in [0.25, 0.3) is 0 Å². The standard InChI is InChI=1S/C10H18O2/c1-7-8-5-3-4-6-9(8)10(11-2)12-7/h7-10H,3-6H2,1-2H3. The molecule has 2 nitrogen and oxygen atoms in total. The minimum atomic E-state index is 0.0882. The van der Waals surface area contributed by atoms with Crippen LogP contribution in [0.5, 0.6) is 0 Å². The molecular formula is C10H18O2. The van der Waals surface area contributed by atoms with Gasteiger partial charge in [0.05, 0.1) is 6.10 Å². The van der Waals surface area contributed by atoms with Crippen LogP contribution in [0.4, 0.5) is 0 Å². The first-order valence-electron chi connectivity index (χ1n) is 5.01. The van der Waals surface area contributed by atoms with E-state index in [2.05, 4.69) is 6.92 Å². The fourth-order valence-corrected chi connectivity index (χ4v) is 2.75. The summed E-state index contributed by atoms with van der Waals surface area (Å²) in [7, 11) is 1.76. The Hall–Kier alpha value is -0.0800. The topological polar surface area (TPSA) is 18.5 Å². The molecule has 2 aliphatic rings. The fraction of sp³-hybridized carbons (Fsp3) is 1.00. The fourth-order valence-electron chi connectivity index (χ4n) is 2.75. The van der Waals surface area contributed by atoms with Crippen LogP contribution in [0, 0.1) is 11.8 Å². The molecule has 4 atom stereocenters. The lowest BCUT2D eigenvalue weighted by Crippen LogP contribution is -2.25. The van der Waals surface area contributed by atoms with E-state index in [0.717, 1.165) is 5.92 Å². The SMILES string of the molecule is COC1OC(C)C2CCCCC12. The predicted molar refractivity (Wildman–Crippen MR) is 46.8 cm³/mol. The van der Waals surface area contributed by atoms with Gasteiger partial charge in [-0.25, -0.2) is 0 Å². The second kappa shape index (κ2) is 3.35. The molecule has 12 heavy (non-hydrogen) atoms. The Morgan fingerprint density at radius 1 is 1.17 bits per heavy atom. The van der Waals surface area contributed by atoms with Gasteiger partial charge in [-0.1, -0.05) is 12.8 Å². The van der Waals surface area contributed by atoms with Crippen molar-refractivity contribution in [3.05, 3.63) is 0 Å². The van der Waals surface area contributed by atoms with Crippen molar-refractivity contribution in [1.29, 1.82) is 0 Å². The van der Waals surface area contributed by atoms with Crippen molar-refractivity contribution in [2.24, 2.45) is 11.8 Å². The summed E-state index contributed by atoms with van der Waals surface area (Å²) in [6.07, 6.45) is 5.88.